The summed E-state index contributed by atoms with van der Waals surface area (Å²) in [5, 5.41) is 0. The van der Waals surface area contributed by atoms with Crippen molar-refractivity contribution in [3.05, 3.63) is 29.8 Å². The van der Waals surface area contributed by atoms with E-state index in [9.17, 15) is 16.8 Å². The topological polar surface area (TPSA) is 106 Å². The van der Waals surface area contributed by atoms with Crippen LogP contribution in [0.25, 0.3) is 0 Å². The summed E-state index contributed by atoms with van der Waals surface area (Å²) in [5.74, 6) is -0.0433. The van der Waals surface area contributed by atoms with Crippen LogP contribution >= 0.6 is 0 Å². The third-order valence-electron chi connectivity index (χ3n) is 2.43. The van der Waals surface area contributed by atoms with Gasteiger partial charge in [0.05, 0.1) is 10.6 Å². The van der Waals surface area contributed by atoms with Crippen molar-refractivity contribution in [2.24, 2.45) is 5.73 Å². The Bertz CT molecular complexity index is 624. The van der Waals surface area contributed by atoms with Crippen LogP contribution in [0.2, 0.25) is 0 Å². The Morgan fingerprint density at radius 2 is 1.89 bits per heavy atom. The number of rotatable bonds is 7. The number of hydrogen-bond acceptors (Lipinski definition) is 5. The predicted molar refractivity (Wildman–Crippen MR) is 73.8 cm³/mol. The molecule has 0 atom stereocenters. The number of hydrogen-bond donors (Lipinski definition) is 2. The summed E-state index contributed by atoms with van der Waals surface area (Å²) in [6, 6.07) is 6.33. The zero-order valence-electron chi connectivity index (χ0n) is 10.7. The van der Waals surface area contributed by atoms with Gasteiger partial charge in [-0.15, -0.1) is 0 Å². The second-order valence-electron chi connectivity index (χ2n) is 4.23. The van der Waals surface area contributed by atoms with Gasteiger partial charge in [0.25, 0.3) is 0 Å². The summed E-state index contributed by atoms with van der Waals surface area (Å²) in [6.45, 7) is 0.347. The SMILES string of the molecule is CS(=O)(=O)CCCNS(=O)(=O)c1cccc(CN)c1. The van der Waals surface area contributed by atoms with Gasteiger partial charge in [0.15, 0.2) is 0 Å². The summed E-state index contributed by atoms with van der Waals surface area (Å²) < 4.78 is 48.0. The Labute approximate surface area is 114 Å². The van der Waals surface area contributed by atoms with E-state index in [0.29, 0.717) is 0 Å². The van der Waals surface area contributed by atoms with Crippen molar-refractivity contribution in [2.75, 3.05) is 18.6 Å². The molecule has 0 aromatic heterocycles. The first-order valence-electron chi connectivity index (χ1n) is 5.71. The molecule has 1 aromatic rings. The van der Waals surface area contributed by atoms with Crippen molar-refractivity contribution in [3.63, 3.8) is 0 Å². The fourth-order valence-electron chi connectivity index (χ4n) is 1.46. The van der Waals surface area contributed by atoms with Gasteiger partial charge in [0, 0.05) is 19.3 Å². The van der Waals surface area contributed by atoms with Gasteiger partial charge in [-0.25, -0.2) is 21.6 Å². The smallest absolute Gasteiger partial charge is 0.240 e. The van der Waals surface area contributed by atoms with Crippen LogP contribution in [0.5, 0.6) is 0 Å². The highest BCUT2D eigenvalue weighted by atomic mass is 32.2. The van der Waals surface area contributed by atoms with Gasteiger partial charge < -0.3 is 5.73 Å². The first-order chi connectivity index (χ1) is 8.74. The summed E-state index contributed by atoms with van der Waals surface area (Å²) in [5.41, 5.74) is 6.17. The van der Waals surface area contributed by atoms with E-state index < -0.39 is 19.9 Å². The largest absolute Gasteiger partial charge is 0.326 e. The van der Waals surface area contributed by atoms with Gasteiger partial charge in [-0.3, -0.25) is 0 Å². The van der Waals surface area contributed by atoms with Crippen molar-refractivity contribution in [1.82, 2.24) is 4.72 Å². The Balaban J connectivity index is 2.65. The zero-order chi connectivity index (χ0) is 14.5. The van der Waals surface area contributed by atoms with Crippen LogP contribution in [0.15, 0.2) is 29.2 Å². The van der Waals surface area contributed by atoms with E-state index in [4.69, 9.17) is 5.73 Å². The lowest BCUT2D eigenvalue weighted by Gasteiger charge is -2.07. The zero-order valence-corrected chi connectivity index (χ0v) is 12.3. The van der Waals surface area contributed by atoms with Crippen LogP contribution in [0.1, 0.15) is 12.0 Å². The Morgan fingerprint density at radius 1 is 1.21 bits per heavy atom. The van der Waals surface area contributed by atoms with Gasteiger partial charge >= 0.3 is 0 Å². The van der Waals surface area contributed by atoms with Crippen LogP contribution in [0.3, 0.4) is 0 Å². The van der Waals surface area contributed by atoms with Crippen LogP contribution < -0.4 is 10.5 Å². The van der Waals surface area contributed by atoms with E-state index >= 15 is 0 Å². The molecule has 0 aliphatic rings. The first kappa shape index (κ1) is 16.1. The monoisotopic (exact) mass is 306 g/mol. The Hall–Kier alpha value is -0.960. The molecule has 0 saturated heterocycles. The molecular weight excluding hydrogens is 288 g/mol. The first-order valence-corrected chi connectivity index (χ1v) is 9.25. The highest BCUT2D eigenvalue weighted by Crippen LogP contribution is 2.10. The van der Waals surface area contributed by atoms with E-state index in [1.165, 1.54) is 12.1 Å². The van der Waals surface area contributed by atoms with E-state index in [0.717, 1.165) is 11.8 Å². The van der Waals surface area contributed by atoms with Crippen molar-refractivity contribution in [2.45, 2.75) is 17.9 Å². The number of sulfone groups is 1. The van der Waals surface area contributed by atoms with Crippen LogP contribution in [-0.2, 0) is 26.4 Å². The molecule has 0 heterocycles. The van der Waals surface area contributed by atoms with E-state index in [2.05, 4.69) is 4.72 Å². The van der Waals surface area contributed by atoms with Crippen molar-refractivity contribution >= 4 is 19.9 Å². The van der Waals surface area contributed by atoms with Gasteiger partial charge in [0.2, 0.25) is 10.0 Å². The molecule has 1 rings (SSSR count). The molecular formula is C11H18N2O4S2. The molecule has 1 aromatic carbocycles. The van der Waals surface area contributed by atoms with Gasteiger partial charge in [-0.2, -0.15) is 0 Å². The van der Waals surface area contributed by atoms with E-state index in [1.807, 2.05) is 0 Å². The quantitative estimate of drug-likeness (QED) is 0.682. The number of benzene rings is 1. The van der Waals surface area contributed by atoms with Gasteiger partial charge in [0.1, 0.15) is 9.84 Å². The summed E-state index contributed by atoms with van der Waals surface area (Å²) in [7, 11) is -6.68. The lowest BCUT2D eigenvalue weighted by atomic mass is 10.2. The summed E-state index contributed by atoms with van der Waals surface area (Å²) in [6.07, 6.45) is 1.36. The lowest BCUT2D eigenvalue weighted by molar-refractivity contribution is 0.577. The molecule has 6 nitrogen and oxygen atoms in total. The third-order valence-corrected chi connectivity index (χ3v) is 4.92. The van der Waals surface area contributed by atoms with Gasteiger partial charge in [-0.1, -0.05) is 12.1 Å². The molecule has 19 heavy (non-hydrogen) atoms. The average Bonchev–Trinajstić information content (AvgIpc) is 2.34. The molecule has 0 aliphatic carbocycles. The number of nitrogens with one attached hydrogen (secondary N) is 1. The minimum atomic E-state index is -3.61. The van der Waals surface area contributed by atoms with E-state index in [-0.39, 0.29) is 30.2 Å². The molecule has 0 saturated carbocycles. The average molecular weight is 306 g/mol. The molecule has 0 fully saturated rings. The molecule has 0 amide bonds. The van der Waals surface area contributed by atoms with Crippen LogP contribution in [-0.4, -0.2) is 35.4 Å². The minimum Gasteiger partial charge on any atom is -0.326 e. The summed E-state index contributed by atoms with van der Waals surface area (Å²) in [4.78, 5) is 0.134. The molecule has 0 aliphatic heterocycles. The van der Waals surface area contributed by atoms with Gasteiger partial charge in [-0.05, 0) is 24.1 Å². The molecule has 8 heteroatoms. The fourth-order valence-corrected chi connectivity index (χ4v) is 3.28. The fraction of sp³-hybridized carbons (Fsp3) is 0.455. The lowest BCUT2D eigenvalue weighted by Crippen LogP contribution is -2.26. The van der Waals surface area contributed by atoms with Crippen molar-refractivity contribution in [3.8, 4) is 0 Å². The van der Waals surface area contributed by atoms with E-state index in [1.54, 1.807) is 12.1 Å². The Morgan fingerprint density at radius 3 is 2.47 bits per heavy atom. The normalized spacial score (nSPS) is 12.5. The molecule has 108 valence electrons. The highest BCUT2D eigenvalue weighted by Gasteiger charge is 2.13. The third kappa shape index (κ3) is 5.68. The predicted octanol–water partition coefficient (Wildman–Crippen LogP) is -0.142. The number of nitrogens with two attached hydrogens (primary N) is 1. The Kier molecular flexibility index (Phi) is 5.48. The van der Waals surface area contributed by atoms with Crippen LogP contribution in [0, 0.1) is 0 Å². The second-order valence-corrected chi connectivity index (χ2v) is 8.26. The second kappa shape index (κ2) is 6.47. The van der Waals surface area contributed by atoms with Crippen molar-refractivity contribution in [1.29, 1.82) is 0 Å². The molecule has 0 spiro atoms. The standard InChI is InChI=1S/C11H18N2O4S2/c1-18(14,15)7-3-6-13-19(16,17)11-5-2-4-10(8-11)9-12/h2,4-5,8,13H,3,6-7,9,12H2,1H3. The van der Waals surface area contributed by atoms with Crippen molar-refractivity contribution < 1.29 is 16.8 Å². The molecule has 3 N–H and O–H groups in total. The number of sulfonamides is 1. The minimum absolute atomic E-state index is 0.0433. The molecule has 0 bridgehead atoms. The maximum atomic E-state index is 11.9. The maximum absolute atomic E-state index is 11.9. The highest BCUT2D eigenvalue weighted by molar-refractivity contribution is 7.90. The molecule has 0 unspecified atom stereocenters. The summed E-state index contributed by atoms with van der Waals surface area (Å²) >= 11 is 0. The maximum Gasteiger partial charge on any atom is 0.240 e. The molecule has 0 radical (unpaired) electrons. The van der Waals surface area contributed by atoms with Crippen LogP contribution in [0.4, 0.5) is 0 Å².